The number of carbonyl (C=O) groups excluding carboxylic acids is 3. The van der Waals surface area contributed by atoms with E-state index in [1.165, 1.54) is 18.2 Å². The minimum Gasteiger partial charge on any atom is -0.507 e. The number of fused-ring (bicyclic) bond motifs is 3. The zero-order chi connectivity index (χ0) is 19.0. The lowest BCUT2D eigenvalue weighted by Crippen LogP contribution is -2.67. The van der Waals surface area contributed by atoms with E-state index in [2.05, 4.69) is 0 Å². The Morgan fingerprint density at radius 1 is 1.12 bits per heavy atom. The van der Waals surface area contributed by atoms with Gasteiger partial charge in [0.2, 0.25) is 0 Å². The van der Waals surface area contributed by atoms with Gasteiger partial charge in [0.15, 0.2) is 23.0 Å². The number of carbonyl (C=O) groups is 3. The molecule has 3 atom stereocenters. The van der Waals surface area contributed by atoms with E-state index in [0.717, 1.165) is 6.08 Å². The third-order valence-electron chi connectivity index (χ3n) is 5.46. The number of aliphatic hydroxyl groups is 3. The molecular weight excluding hydrogens is 340 g/mol. The van der Waals surface area contributed by atoms with Gasteiger partial charge in [-0.25, -0.2) is 0 Å². The lowest BCUT2D eigenvalue weighted by molar-refractivity contribution is -0.171. The number of Topliss-reactive ketones (excluding diaryl/α,β-unsaturated/α-hetero) is 2. The Kier molecular flexibility index (Phi) is 3.22. The summed E-state index contributed by atoms with van der Waals surface area (Å²) in [6.07, 6.45) is -1.04. The van der Waals surface area contributed by atoms with E-state index in [-0.39, 0.29) is 17.5 Å². The molecule has 4 rings (SSSR count). The van der Waals surface area contributed by atoms with Crippen molar-refractivity contribution in [1.82, 2.24) is 0 Å². The summed E-state index contributed by atoms with van der Waals surface area (Å²) >= 11 is 0. The third kappa shape index (κ3) is 1.79. The number of hydrogen-bond acceptors (Lipinski definition) is 7. The van der Waals surface area contributed by atoms with Gasteiger partial charge in [-0.3, -0.25) is 14.4 Å². The van der Waals surface area contributed by atoms with Crippen LogP contribution in [-0.2, 0) is 4.79 Å². The molecule has 1 aromatic rings. The Bertz CT molecular complexity index is 970. The van der Waals surface area contributed by atoms with Crippen molar-refractivity contribution < 1.29 is 34.8 Å². The predicted molar refractivity (Wildman–Crippen MR) is 87.7 cm³/mol. The maximum absolute atomic E-state index is 13.0. The van der Waals surface area contributed by atoms with Gasteiger partial charge in [-0.05, 0) is 19.1 Å². The van der Waals surface area contributed by atoms with E-state index in [9.17, 15) is 34.8 Å². The average molecular weight is 356 g/mol. The number of ketones is 3. The fourth-order valence-electron chi connectivity index (χ4n) is 4.35. The molecule has 0 aliphatic heterocycles. The smallest absolute Gasteiger partial charge is 0.196 e. The first-order chi connectivity index (χ1) is 12.1. The first kappa shape index (κ1) is 16.8. The molecule has 0 spiro atoms. The zero-order valence-electron chi connectivity index (χ0n) is 13.8. The highest BCUT2D eigenvalue weighted by Gasteiger charge is 2.65. The highest BCUT2D eigenvalue weighted by Crippen LogP contribution is 2.51. The van der Waals surface area contributed by atoms with Crippen LogP contribution in [0.2, 0.25) is 0 Å². The first-order valence-electron chi connectivity index (χ1n) is 8.12. The topological polar surface area (TPSA) is 132 Å². The number of rotatable bonds is 0. The van der Waals surface area contributed by atoms with Gasteiger partial charge in [-0.1, -0.05) is 17.7 Å². The lowest BCUT2D eigenvalue weighted by Gasteiger charge is -2.51. The minimum absolute atomic E-state index is 0.128. The number of phenolic OH excluding ortho intramolecular Hbond substituents is 1. The molecule has 7 heteroatoms. The Morgan fingerprint density at radius 2 is 1.81 bits per heavy atom. The Labute approximate surface area is 147 Å². The summed E-state index contributed by atoms with van der Waals surface area (Å²) in [6, 6.07) is 3.87. The van der Waals surface area contributed by atoms with Crippen LogP contribution in [0, 0.1) is 0 Å². The van der Waals surface area contributed by atoms with Crippen LogP contribution in [0.3, 0.4) is 0 Å². The summed E-state index contributed by atoms with van der Waals surface area (Å²) in [5.41, 5.74) is -5.75. The first-order valence-corrected chi connectivity index (χ1v) is 8.12. The van der Waals surface area contributed by atoms with E-state index >= 15 is 0 Å². The molecule has 0 fully saturated rings. The minimum atomic E-state index is -2.63. The van der Waals surface area contributed by atoms with Gasteiger partial charge in [-0.15, -0.1) is 0 Å². The average Bonchev–Trinajstić information content (AvgIpc) is 2.54. The molecule has 0 saturated carbocycles. The molecule has 4 N–H and O–H groups in total. The summed E-state index contributed by atoms with van der Waals surface area (Å²) < 4.78 is 0. The second kappa shape index (κ2) is 4.97. The van der Waals surface area contributed by atoms with E-state index in [1.807, 2.05) is 0 Å². The molecule has 0 radical (unpaired) electrons. The highest BCUT2D eigenvalue weighted by atomic mass is 16.4. The molecule has 3 aliphatic carbocycles. The standard InChI is InChI=1S/C19H16O7/c1-8-5-12(22)19(26)15-14(11(21)7-18(19,25)6-8)17(24)13-9(16(15)23)3-2-4-10(13)20/h2-5,11,20-21,25-26H,6-7H2,1H3/t11-,18-,19+/m1/s1. The predicted octanol–water partition coefficient (Wildman–Crippen LogP) is 0.214. The van der Waals surface area contributed by atoms with Crippen LogP contribution < -0.4 is 0 Å². The molecular formula is C19H16O7. The van der Waals surface area contributed by atoms with E-state index in [0.29, 0.717) is 5.57 Å². The molecule has 26 heavy (non-hydrogen) atoms. The Balaban J connectivity index is 2.06. The normalized spacial score (nSPS) is 33.5. The second-order valence-corrected chi connectivity index (χ2v) is 7.14. The van der Waals surface area contributed by atoms with Crippen molar-refractivity contribution >= 4 is 17.3 Å². The summed E-state index contributed by atoms with van der Waals surface area (Å²) in [6.45, 7) is 1.59. The number of hydrogen-bond donors (Lipinski definition) is 4. The Hall–Kier alpha value is -2.61. The van der Waals surface area contributed by atoms with Gasteiger partial charge < -0.3 is 20.4 Å². The van der Waals surface area contributed by atoms with Crippen molar-refractivity contribution in [3.63, 3.8) is 0 Å². The maximum atomic E-state index is 13.0. The molecule has 134 valence electrons. The zero-order valence-corrected chi connectivity index (χ0v) is 13.8. The molecule has 0 aromatic heterocycles. The number of aliphatic hydroxyl groups excluding tert-OH is 1. The van der Waals surface area contributed by atoms with Crippen LogP contribution in [0.5, 0.6) is 5.75 Å². The van der Waals surface area contributed by atoms with Gasteiger partial charge >= 0.3 is 0 Å². The summed E-state index contributed by atoms with van der Waals surface area (Å²) in [5.74, 6) is -3.05. The van der Waals surface area contributed by atoms with Gasteiger partial charge in [0.05, 0.1) is 17.2 Å². The molecule has 7 nitrogen and oxygen atoms in total. The van der Waals surface area contributed by atoms with Gasteiger partial charge in [0, 0.05) is 24.0 Å². The largest absolute Gasteiger partial charge is 0.507 e. The van der Waals surface area contributed by atoms with Crippen molar-refractivity contribution in [2.75, 3.05) is 0 Å². The monoisotopic (exact) mass is 356 g/mol. The van der Waals surface area contributed by atoms with Gasteiger partial charge in [0.25, 0.3) is 0 Å². The molecule has 0 unspecified atom stereocenters. The number of phenols is 1. The number of benzene rings is 1. The lowest BCUT2D eigenvalue weighted by atomic mass is 9.57. The van der Waals surface area contributed by atoms with Crippen molar-refractivity contribution in [2.45, 2.75) is 37.1 Å². The van der Waals surface area contributed by atoms with Crippen LogP contribution in [-0.4, -0.2) is 55.1 Å². The van der Waals surface area contributed by atoms with Crippen LogP contribution >= 0.6 is 0 Å². The molecule has 0 bridgehead atoms. The van der Waals surface area contributed by atoms with Crippen molar-refractivity contribution in [3.05, 3.63) is 52.1 Å². The maximum Gasteiger partial charge on any atom is 0.196 e. The van der Waals surface area contributed by atoms with Crippen molar-refractivity contribution in [3.8, 4) is 5.75 Å². The summed E-state index contributed by atoms with van der Waals surface area (Å²) in [4.78, 5) is 38.6. The Morgan fingerprint density at radius 3 is 2.50 bits per heavy atom. The fourth-order valence-corrected chi connectivity index (χ4v) is 4.35. The van der Waals surface area contributed by atoms with E-state index in [4.69, 9.17) is 0 Å². The molecule has 0 heterocycles. The second-order valence-electron chi connectivity index (χ2n) is 7.14. The summed E-state index contributed by atoms with van der Waals surface area (Å²) in [7, 11) is 0. The van der Waals surface area contributed by atoms with E-state index < -0.39 is 58.0 Å². The highest BCUT2D eigenvalue weighted by molar-refractivity contribution is 6.31. The third-order valence-corrected chi connectivity index (χ3v) is 5.46. The van der Waals surface area contributed by atoms with Crippen LogP contribution in [0.15, 0.2) is 41.0 Å². The molecule has 1 aromatic carbocycles. The van der Waals surface area contributed by atoms with Crippen LogP contribution in [0.25, 0.3) is 0 Å². The van der Waals surface area contributed by atoms with Crippen molar-refractivity contribution in [2.24, 2.45) is 0 Å². The molecule has 0 saturated heterocycles. The fraction of sp³-hybridized carbons (Fsp3) is 0.316. The van der Waals surface area contributed by atoms with Crippen LogP contribution in [0.1, 0.15) is 40.5 Å². The number of aromatic hydroxyl groups is 1. The quantitative estimate of drug-likeness (QED) is 0.522. The summed E-state index contributed by atoms with van der Waals surface area (Å²) in [5, 5.41) is 42.6. The van der Waals surface area contributed by atoms with Crippen molar-refractivity contribution in [1.29, 1.82) is 0 Å². The van der Waals surface area contributed by atoms with Crippen LogP contribution in [0.4, 0.5) is 0 Å². The van der Waals surface area contributed by atoms with E-state index in [1.54, 1.807) is 6.92 Å². The molecule has 0 amide bonds. The van der Waals surface area contributed by atoms with Gasteiger partial charge in [-0.2, -0.15) is 0 Å². The molecule has 3 aliphatic rings. The van der Waals surface area contributed by atoms with Gasteiger partial charge in [0.1, 0.15) is 11.4 Å². The SMILES string of the molecule is CC1=CC(=O)[C@]2(O)C3=C(C(=O)c4c(O)cccc4C3=O)[C@H](O)C[C@]2(O)C1.